The van der Waals surface area contributed by atoms with Crippen molar-refractivity contribution < 1.29 is 19.8 Å². The summed E-state index contributed by atoms with van der Waals surface area (Å²) in [6.45, 7) is 4.48. The van der Waals surface area contributed by atoms with Crippen LogP contribution in [-0.4, -0.2) is 44.2 Å². The molecule has 3 N–H and O–H groups in total. The number of carbonyl (C=O) groups excluding carboxylic acids is 1. The molecule has 0 saturated carbocycles. The first-order chi connectivity index (χ1) is 8.75. The zero-order chi connectivity index (χ0) is 14.6. The second kappa shape index (κ2) is 5.75. The number of nitrogens with zero attached hydrogens (tertiary/aromatic N) is 2. The van der Waals surface area contributed by atoms with Crippen LogP contribution in [0.2, 0.25) is 0 Å². The molecular formula is C12H17N3O4. The third kappa shape index (κ3) is 3.72. The van der Waals surface area contributed by atoms with Gasteiger partial charge in [-0.3, -0.25) is 4.79 Å². The van der Waals surface area contributed by atoms with Crippen LogP contribution in [0.15, 0.2) is 12.5 Å². The predicted molar refractivity (Wildman–Crippen MR) is 66.7 cm³/mol. The maximum Gasteiger partial charge on any atom is 0.337 e. The third-order valence-electron chi connectivity index (χ3n) is 2.59. The molecule has 0 aliphatic heterocycles. The Morgan fingerprint density at radius 2 is 2.11 bits per heavy atom. The second-order valence-corrected chi connectivity index (χ2v) is 4.74. The van der Waals surface area contributed by atoms with Crippen LogP contribution in [0, 0.1) is 0 Å². The van der Waals surface area contributed by atoms with Crippen molar-refractivity contribution in [1.82, 2.24) is 15.3 Å². The molecule has 1 heterocycles. The fourth-order valence-corrected chi connectivity index (χ4v) is 1.40. The summed E-state index contributed by atoms with van der Waals surface area (Å²) >= 11 is 0. The van der Waals surface area contributed by atoms with E-state index in [1.54, 1.807) is 0 Å². The first kappa shape index (κ1) is 15.0. The highest BCUT2D eigenvalue weighted by atomic mass is 16.4. The van der Waals surface area contributed by atoms with Crippen molar-refractivity contribution in [3.8, 4) is 0 Å². The van der Waals surface area contributed by atoms with Gasteiger partial charge in [0, 0.05) is 6.20 Å². The van der Waals surface area contributed by atoms with Gasteiger partial charge in [-0.2, -0.15) is 0 Å². The highest BCUT2D eigenvalue weighted by Crippen LogP contribution is 2.15. The first-order valence-electron chi connectivity index (χ1n) is 5.79. The lowest BCUT2D eigenvalue weighted by atomic mass is 10.0. The number of nitrogens with one attached hydrogen (secondary N) is 1. The molecule has 0 aliphatic rings. The fourth-order valence-electron chi connectivity index (χ4n) is 1.40. The normalized spacial score (nSPS) is 13.9. The van der Waals surface area contributed by atoms with Gasteiger partial charge < -0.3 is 15.5 Å². The predicted octanol–water partition coefficient (Wildman–Crippen LogP) is 0.165. The van der Waals surface area contributed by atoms with E-state index in [9.17, 15) is 14.7 Å². The van der Waals surface area contributed by atoms with Crippen molar-refractivity contribution in [3.63, 3.8) is 0 Å². The molecule has 1 amide bonds. The van der Waals surface area contributed by atoms with Gasteiger partial charge in [-0.05, 0) is 12.8 Å². The van der Waals surface area contributed by atoms with E-state index in [-0.39, 0.29) is 11.5 Å². The van der Waals surface area contributed by atoms with E-state index in [0.717, 1.165) is 6.92 Å². The minimum absolute atomic E-state index is 0.0312. The van der Waals surface area contributed by atoms with E-state index in [1.165, 1.54) is 12.5 Å². The zero-order valence-electron chi connectivity index (χ0n) is 11.0. The van der Waals surface area contributed by atoms with E-state index in [2.05, 4.69) is 15.3 Å². The number of hydrogen-bond donors (Lipinski definition) is 3. The molecule has 0 aliphatic carbocycles. The Morgan fingerprint density at radius 3 is 2.63 bits per heavy atom. The Bertz CT molecular complexity index is 486. The lowest BCUT2D eigenvalue weighted by Gasteiger charge is -2.19. The van der Waals surface area contributed by atoms with Crippen LogP contribution in [0.4, 0.5) is 0 Å². The topological polar surface area (TPSA) is 112 Å². The minimum atomic E-state index is -2.01. The average molecular weight is 267 g/mol. The van der Waals surface area contributed by atoms with Crippen molar-refractivity contribution in [2.24, 2.45) is 0 Å². The summed E-state index contributed by atoms with van der Waals surface area (Å²) in [6.07, 6.45) is 2.71. The van der Waals surface area contributed by atoms with Gasteiger partial charge in [-0.1, -0.05) is 13.8 Å². The number of aliphatic carboxylic acids is 1. The van der Waals surface area contributed by atoms with Gasteiger partial charge in [0.2, 0.25) is 0 Å². The summed E-state index contributed by atoms with van der Waals surface area (Å²) in [6, 6.07) is 0. The number of amides is 1. The Hall–Kier alpha value is -2.02. The zero-order valence-corrected chi connectivity index (χ0v) is 11.0. The minimum Gasteiger partial charge on any atom is -0.479 e. The summed E-state index contributed by atoms with van der Waals surface area (Å²) < 4.78 is 0. The van der Waals surface area contributed by atoms with E-state index in [4.69, 9.17) is 5.11 Å². The molecule has 1 aromatic heterocycles. The standard InChI is InChI=1S/C12H17N3O4/c1-7(2)9-8(4-13-6-15-9)10(16)14-5-12(3,19)11(17)18/h4,6-7,19H,5H2,1-3H3,(H,14,16)(H,17,18). The van der Waals surface area contributed by atoms with Crippen LogP contribution in [0.5, 0.6) is 0 Å². The molecule has 0 radical (unpaired) electrons. The Kier molecular flexibility index (Phi) is 4.55. The molecule has 0 fully saturated rings. The van der Waals surface area contributed by atoms with E-state index >= 15 is 0 Å². The Morgan fingerprint density at radius 1 is 1.47 bits per heavy atom. The monoisotopic (exact) mass is 267 g/mol. The maximum atomic E-state index is 11.9. The number of rotatable bonds is 5. The number of aromatic nitrogens is 2. The quantitative estimate of drug-likeness (QED) is 0.700. The van der Waals surface area contributed by atoms with Gasteiger partial charge >= 0.3 is 5.97 Å². The summed E-state index contributed by atoms with van der Waals surface area (Å²) in [5.74, 6) is -1.88. The number of carboxylic acid groups (broad SMARTS) is 1. The number of carboxylic acids is 1. The highest BCUT2D eigenvalue weighted by Gasteiger charge is 2.30. The fraction of sp³-hybridized carbons (Fsp3) is 0.500. The largest absolute Gasteiger partial charge is 0.479 e. The van der Waals surface area contributed by atoms with Crippen molar-refractivity contribution in [3.05, 3.63) is 23.8 Å². The molecule has 19 heavy (non-hydrogen) atoms. The van der Waals surface area contributed by atoms with Gasteiger partial charge in [-0.25, -0.2) is 14.8 Å². The molecule has 0 bridgehead atoms. The van der Waals surface area contributed by atoms with Gasteiger partial charge in [0.05, 0.1) is 17.8 Å². The van der Waals surface area contributed by atoms with E-state index < -0.39 is 24.0 Å². The van der Waals surface area contributed by atoms with Gasteiger partial charge in [0.25, 0.3) is 5.91 Å². The smallest absolute Gasteiger partial charge is 0.337 e. The molecule has 104 valence electrons. The van der Waals surface area contributed by atoms with Crippen LogP contribution >= 0.6 is 0 Å². The molecule has 0 saturated heterocycles. The summed E-state index contributed by atoms with van der Waals surface area (Å²) in [7, 11) is 0. The SMILES string of the molecule is CC(C)c1ncncc1C(=O)NCC(C)(O)C(=O)O. The van der Waals surface area contributed by atoms with Crippen LogP contribution in [0.3, 0.4) is 0 Å². The first-order valence-corrected chi connectivity index (χ1v) is 5.79. The van der Waals surface area contributed by atoms with Gasteiger partial charge in [-0.15, -0.1) is 0 Å². The number of carbonyl (C=O) groups is 2. The lowest BCUT2D eigenvalue weighted by Crippen LogP contribution is -2.46. The molecule has 7 heteroatoms. The van der Waals surface area contributed by atoms with Gasteiger partial charge in [0.1, 0.15) is 6.33 Å². The number of aliphatic hydroxyl groups is 1. The molecule has 0 spiro atoms. The van der Waals surface area contributed by atoms with Crippen molar-refractivity contribution in [1.29, 1.82) is 0 Å². The highest BCUT2D eigenvalue weighted by molar-refractivity contribution is 5.95. The van der Waals surface area contributed by atoms with Crippen molar-refractivity contribution in [2.75, 3.05) is 6.54 Å². The van der Waals surface area contributed by atoms with Gasteiger partial charge in [0.15, 0.2) is 5.60 Å². The van der Waals surface area contributed by atoms with E-state index in [1.807, 2.05) is 13.8 Å². The second-order valence-electron chi connectivity index (χ2n) is 4.74. The third-order valence-corrected chi connectivity index (χ3v) is 2.59. The van der Waals surface area contributed by atoms with Crippen LogP contribution in [0.25, 0.3) is 0 Å². The molecule has 0 aromatic carbocycles. The van der Waals surface area contributed by atoms with E-state index in [0.29, 0.717) is 5.69 Å². The van der Waals surface area contributed by atoms with Crippen molar-refractivity contribution >= 4 is 11.9 Å². The molecule has 1 atom stereocenters. The molecule has 1 rings (SSSR count). The summed E-state index contributed by atoms with van der Waals surface area (Å²) in [4.78, 5) is 30.5. The summed E-state index contributed by atoms with van der Waals surface area (Å²) in [5, 5.41) is 20.6. The Balaban J connectivity index is 2.83. The van der Waals surface area contributed by atoms with Crippen LogP contribution < -0.4 is 5.32 Å². The lowest BCUT2D eigenvalue weighted by molar-refractivity contribution is -0.155. The molecular weight excluding hydrogens is 250 g/mol. The average Bonchev–Trinajstić information content (AvgIpc) is 2.35. The molecule has 1 unspecified atom stereocenters. The maximum absolute atomic E-state index is 11.9. The van der Waals surface area contributed by atoms with Crippen LogP contribution in [-0.2, 0) is 4.79 Å². The molecule has 7 nitrogen and oxygen atoms in total. The number of hydrogen-bond acceptors (Lipinski definition) is 5. The van der Waals surface area contributed by atoms with Crippen molar-refractivity contribution in [2.45, 2.75) is 32.3 Å². The molecule has 1 aromatic rings. The van der Waals surface area contributed by atoms with Crippen LogP contribution in [0.1, 0.15) is 42.7 Å². The summed E-state index contributed by atoms with van der Waals surface area (Å²) in [5.41, 5.74) is -1.16. The Labute approximate surface area is 110 Å².